The summed E-state index contributed by atoms with van der Waals surface area (Å²) in [4.78, 5) is 0. The second kappa shape index (κ2) is 6.05. The van der Waals surface area contributed by atoms with Gasteiger partial charge in [0.05, 0.1) is 17.8 Å². The van der Waals surface area contributed by atoms with E-state index in [-0.39, 0.29) is 6.04 Å². The first-order chi connectivity index (χ1) is 7.99. The highest BCUT2D eigenvalue weighted by Gasteiger charge is 2.32. The third-order valence-electron chi connectivity index (χ3n) is 2.58. The maximum atomic E-state index is 12.4. The Bertz CT molecular complexity index is 333. The van der Waals surface area contributed by atoms with Crippen molar-refractivity contribution in [3.8, 4) is 0 Å². The molecular formula is C11H18F3N3. The molecule has 0 saturated heterocycles. The van der Waals surface area contributed by atoms with Crippen molar-refractivity contribution in [2.75, 3.05) is 13.1 Å². The van der Waals surface area contributed by atoms with Gasteiger partial charge in [-0.15, -0.1) is 0 Å². The van der Waals surface area contributed by atoms with Gasteiger partial charge in [-0.2, -0.15) is 18.3 Å². The molecule has 0 radical (unpaired) electrons. The summed E-state index contributed by atoms with van der Waals surface area (Å²) in [6.07, 6.45) is -0.614. The van der Waals surface area contributed by atoms with Crippen LogP contribution in [0.2, 0.25) is 0 Å². The normalized spacial score (nSPS) is 13.9. The molecule has 0 aromatic carbocycles. The molecule has 0 spiro atoms. The van der Waals surface area contributed by atoms with Crippen LogP contribution in [0.3, 0.4) is 0 Å². The van der Waals surface area contributed by atoms with E-state index in [9.17, 15) is 13.2 Å². The van der Waals surface area contributed by atoms with Gasteiger partial charge in [0.15, 0.2) is 0 Å². The Kier molecular flexibility index (Phi) is 4.99. The van der Waals surface area contributed by atoms with Crippen molar-refractivity contribution in [1.82, 2.24) is 15.1 Å². The molecule has 0 saturated carbocycles. The van der Waals surface area contributed by atoms with E-state index in [1.807, 2.05) is 13.8 Å². The fraction of sp³-hybridized carbons (Fsp3) is 0.727. The Labute approximate surface area is 99.0 Å². The summed E-state index contributed by atoms with van der Waals surface area (Å²) >= 11 is 0. The summed E-state index contributed by atoms with van der Waals surface area (Å²) in [5.41, 5.74) is -0.688. The van der Waals surface area contributed by atoms with Crippen LogP contribution in [0.1, 0.15) is 38.3 Å². The molecule has 1 rings (SSSR count). The van der Waals surface area contributed by atoms with Crippen LogP contribution in [-0.4, -0.2) is 22.9 Å². The van der Waals surface area contributed by atoms with Crippen LogP contribution in [0.25, 0.3) is 0 Å². The lowest BCUT2D eigenvalue weighted by atomic mass is 10.2. The first kappa shape index (κ1) is 14.0. The SMILES string of the molecule is CCCNCC(CC)n1cc(C(F)(F)F)cn1. The lowest BCUT2D eigenvalue weighted by Crippen LogP contribution is -2.26. The zero-order valence-electron chi connectivity index (χ0n) is 10.1. The molecule has 0 bridgehead atoms. The Balaban J connectivity index is 2.66. The minimum Gasteiger partial charge on any atom is -0.315 e. The van der Waals surface area contributed by atoms with Gasteiger partial charge in [0, 0.05) is 12.7 Å². The fourth-order valence-corrected chi connectivity index (χ4v) is 1.55. The van der Waals surface area contributed by atoms with Crippen molar-refractivity contribution in [3.05, 3.63) is 18.0 Å². The van der Waals surface area contributed by atoms with Gasteiger partial charge in [-0.1, -0.05) is 13.8 Å². The molecule has 0 aliphatic carbocycles. The highest BCUT2D eigenvalue weighted by molar-refractivity contribution is 5.08. The standard InChI is InChI=1S/C11H18F3N3/c1-3-5-15-7-10(4-2)17-8-9(6-16-17)11(12,13)14/h6,8,10,15H,3-5,7H2,1-2H3. The summed E-state index contributed by atoms with van der Waals surface area (Å²) in [5.74, 6) is 0. The molecule has 1 aromatic rings. The van der Waals surface area contributed by atoms with Crippen LogP contribution in [0.4, 0.5) is 13.2 Å². The number of nitrogens with zero attached hydrogens (tertiary/aromatic N) is 2. The monoisotopic (exact) mass is 249 g/mol. The maximum Gasteiger partial charge on any atom is 0.419 e. The topological polar surface area (TPSA) is 29.9 Å². The van der Waals surface area contributed by atoms with Gasteiger partial charge in [0.2, 0.25) is 0 Å². The Hall–Kier alpha value is -1.04. The zero-order chi connectivity index (χ0) is 12.9. The number of hydrogen-bond acceptors (Lipinski definition) is 2. The first-order valence-electron chi connectivity index (χ1n) is 5.81. The smallest absolute Gasteiger partial charge is 0.315 e. The number of aromatic nitrogens is 2. The molecule has 1 N–H and O–H groups in total. The molecule has 1 unspecified atom stereocenters. The molecule has 1 heterocycles. The summed E-state index contributed by atoms with van der Waals surface area (Å²) in [6, 6.07) is -0.0300. The van der Waals surface area contributed by atoms with E-state index in [2.05, 4.69) is 10.4 Å². The minimum absolute atomic E-state index is 0.0300. The summed E-state index contributed by atoms with van der Waals surface area (Å²) < 4.78 is 38.6. The molecule has 1 atom stereocenters. The van der Waals surface area contributed by atoms with Crippen molar-refractivity contribution in [2.45, 2.75) is 38.9 Å². The van der Waals surface area contributed by atoms with Gasteiger partial charge in [-0.05, 0) is 19.4 Å². The second-order valence-corrected chi connectivity index (χ2v) is 3.97. The molecule has 0 fully saturated rings. The van der Waals surface area contributed by atoms with Crippen molar-refractivity contribution >= 4 is 0 Å². The molecule has 0 aliphatic rings. The second-order valence-electron chi connectivity index (χ2n) is 3.97. The summed E-state index contributed by atoms with van der Waals surface area (Å²) in [7, 11) is 0. The van der Waals surface area contributed by atoms with Crippen LogP contribution in [0.15, 0.2) is 12.4 Å². The van der Waals surface area contributed by atoms with Crippen LogP contribution in [0, 0.1) is 0 Å². The Morgan fingerprint density at radius 2 is 2.12 bits per heavy atom. The van der Waals surface area contributed by atoms with Gasteiger partial charge < -0.3 is 5.32 Å². The number of halogens is 3. The number of rotatable bonds is 6. The summed E-state index contributed by atoms with van der Waals surface area (Å²) in [5, 5.41) is 6.98. The third-order valence-corrected chi connectivity index (χ3v) is 2.58. The lowest BCUT2D eigenvalue weighted by Gasteiger charge is -2.16. The van der Waals surface area contributed by atoms with Gasteiger partial charge in [0.1, 0.15) is 0 Å². The quantitative estimate of drug-likeness (QED) is 0.786. The van der Waals surface area contributed by atoms with Crippen molar-refractivity contribution in [2.24, 2.45) is 0 Å². The molecule has 6 heteroatoms. The lowest BCUT2D eigenvalue weighted by molar-refractivity contribution is -0.137. The summed E-state index contributed by atoms with van der Waals surface area (Å²) in [6.45, 7) is 5.49. The highest BCUT2D eigenvalue weighted by atomic mass is 19.4. The molecule has 0 amide bonds. The fourth-order valence-electron chi connectivity index (χ4n) is 1.55. The van der Waals surface area contributed by atoms with Crippen molar-refractivity contribution < 1.29 is 13.2 Å². The van der Waals surface area contributed by atoms with Gasteiger partial charge in [-0.3, -0.25) is 4.68 Å². The molecular weight excluding hydrogens is 231 g/mol. The molecule has 1 aromatic heterocycles. The molecule has 17 heavy (non-hydrogen) atoms. The largest absolute Gasteiger partial charge is 0.419 e. The van der Waals surface area contributed by atoms with E-state index < -0.39 is 11.7 Å². The molecule has 98 valence electrons. The van der Waals surface area contributed by atoms with E-state index in [0.29, 0.717) is 6.54 Å². The predicted octanol–water partition coefficient (Wildman–Crippen LogP) is 2.85. The number of nitrogens with one attached hydrogen (secondary N) is 1. The average molecular weight is 249 g/mol. The van der Waals surface area contributed by atoms with Crippen LogP contribution in [-0.2, 0) is 6.18 Å². The third kappa shape index (κ3) is 4.03. The minimum atomic E-state index is -4.31. The Morgan fingerprint density at radius 3 is 2.59 bits per heavy atom. The van der Waals surface area contributed by atoms with E-state index in [1.54, 1.807) is 0 Å². The first-order valence-corrected chi connectivity index (χ1v) is 5.81. The number of alkyl halides is 3. The average Bonchev–Trinajstić information content (AvgIpc) is 2.73. The molecule has 0 aliphatic heterocycles. The predicted molar refractivity (Wildman–Crippen MR) is 59.7 cm³/mol. The number of hydrogen-bond donors (Lipinski definition) is 1. The van der Waals surface area contributed by atoms with Gasteiger partial charge >= 0.3 is 6.18 Å². The maximum absolute atomic E-state index is 12.4. The Morgan fingerprint density at radius 1 is 1.41 bits per heavy atom. The van der Waals surface area contributed by atoms with Crippen LogP contribution < -0.4 is 5.32 Å². The van der Waals surface area contributed by atoms with Crippen molar-refractivity contribution in [1.29, 1.82) is 0 Å². The van der Waals surface area contributed by atoms with Crippen LogP contribution >= 0.6 is 0 Å². The van der Waals surface area contributed by atoms with E-state index >= 15 is 0 Å². The van der Waals surface area contributed by atoms with Crippen molar-refractivity contribution in [3.63, 3.8) is 0 Å². The van der Waals surface area contributed by atoms with E-state index in [4.69, 9.17) is 0 Å². The van der Waals surface area contributed by atoms with E-state index in [0.717, 1.165) is 31.8 Å². The van der Waals surface area contributed by atoms with Crippen LogP contribution in [0.5, 0.6) is 0 Å². The highest BCUT2D eigenvalue weighted by Crippen LogP contribution is 2.29. The van der Waals surface area contributed by atoms with Gasteiger partial charge in [-0.25, -0.2) is 0 Å². The zero-order valence-corrected chi connectivity index (χ0v) is 10.1. The molecule has 3 nitrogen and oxygen atoms in total. The van der Waals surface area contributed by atoms with E-state index in [1.165, 1.54) is 4.68 Å². The van der Waals surface area contributed by atoms with Gasteiger partial charge in [0.25, 0.3) is 0 Å².